The highest BCUT2D eigenvalue weighted by Crippen LogP contribution is 2.30. The summed E-state index contributed by atoms with van der Waals surface area (Å²) in [6, 6.07) is 7.93. The first kappa shape index (κ1) is 15.3. The normalized spacial score (nSPS) is 10.5. The predicted octanol–water partition coefficient (Wildman–Crippen LogP) is 4.62. The Bertz CT molecular complexity index is 704. The second kappa shape index (κ2) is 6.10. The number of benzene rings is 2. The zero-order valence-electron chi connectivity index (χ0n) is 11.6. The highest BCUT2D eigenvalue weighted by molar-refractivity contribution is 6.33. The molecule has 0 amide bonds. The molecule has 2 aromatic carbocycles. The van der Waals surface area contributed by atoms with E-state index in [1.165, 1.54) is 18.2 Å². The lowest BCUT2D eigenvalue weighted by Gasteiger charge is -2.11. The summed E-state index contributed by atoms with van der Waals surface area (Å²) in [7, 11) is 0. The van der Waals surface area contributed by atoms with E-state index in [0.717, 1.165) is 5.56 Å². The number of nitro benzene ring substituents is 1. The van der Waals surface area contributed by atoms with E-state index in [1.807, 2.05) is 6.07 Å². The van der Waals surface area contributed by atoms with Gasteiger partial charge >= 0.3 is 0 Å². The van der Waals surface area contributed by atoms with Crippen molar-refractivity contribution in [2.45, 2.75) is 20.4 Å². The summed E-state index contributed by atoms with van der Waals surface area (Å²) < 4.78 is 13.5. The van der Waals surface area contributed by atoms with Crippen LogP contribution in [0.25, 0.3) is 0 Å². The maximum absolute atomic E-state index is 13.5. The Balaban J connectivity index is 2.18. The van der Waals surface area contributed by atoms with Crippen LogP contribution in [-0.2, 0) is 6.54 Å². The Morgan fingerprint density at radius 2 is 1.95 bits per heavy atom. The summed E-state index contributed by atoms with van der Waals surface area (Å²) in [5.41, 5.74) is 2.65. The summed E-state index contributed by atoms with van der Waals surface area (Å²) in [6.45, 7) is 3.86. The second-order valence-electron chi connectivity index (χ2n) is 4.81. The van der Waals surface area contributed by atoms with Crippen molar-refractivity contribution in [1.29, 1.82) is 0 Å². The Morgan fingerprint density at radius 1 is 1.24 bits per heavy atom. The third kappa shape index (κ3) is 3.49. The first-order valence-corrected chi connectivity index (χ1v) is 6.69. The SMILES string of the molecule is Cc1ccc(CNc2cc(Cl)c([N+](=O)[O-])cc2C)cc1F. The lowest BCUT2D eigenvalue weighted by Crippen LogP contribution is -2.03. The molecule has 0 aliphatic rings. The van der Waals surface area contributed by atoms with Gasteiger partial charge < -0.3 is 5.32 Å². The molecule has 0 saturated carbocycles. The number of anilines is 1. The molecular weight excluding hydrogens is 295 g/mol. The number of nitrogens with one attached hydrogen (secondary N) is 1. The third-order valence-electron chi connectivity index (χ3n) is 3.21. The Morgan fingerprint density at radius 3 is 2.57 bits per heavy atom. The van der Waals surface area contributed by atoms with Crippen molar-refractivity contribution in [3.63, 3.8) is 0 Å². The monoisotopic (exact) mass is 308 g/mol. The van der Waals surface area contributed by atoms with Gasteiger partial charge in [0.25, 0.3) is 5.69 Å². The van der Waals surface area contributed by atoms with E-state index >= 15 is 0 Å². The quantitative estimate of drug-likeness (QED) is 0.662. The van der Waals surface area contributed by atoms with Crippen LogP contribution in [-0.4, -0.2) is 4.92 Å². The van der Waals surface area contributed by atoms with Crippen molar-refractivity contribution in [3.8, 4) is 0 Å². The lowest BCUT2D eigenvalue weighted by atomic mass is 10.1. The topological polar surface area (TPSA) is 55.2 Å². The molecule has 0 spiro atoms. The summed E-state index contributed by atoms with van der Waals surface area (Å²) in [4.78, 5) is 10.3. The summed E-state index contributed by atoms with van der Waals surface area (Å²) in [5, 5.41) is 14.0. The number of nitro groups is 1. The number of aryl methyl sites for hydroxylation is 2. The molecule has 0 aliphatic heterocycles. The van der Waals surface area contributed by atoms with Crippen LogP contribution in [0.3, 0.4) is 0 Å². The Hall–Kier alpha value is -2.14. The van der Waals surface area contributed by atoms with Crippen LogP contribution in [0.1, 0.15) is 16.7 Å². The molecule has 0 unspecified atom stereocenters. The molecule has 0 fully saturated rings. The van der Waals surface area contributed by atoms with Crippen LogP contribution in [0.5, 0.6) is 0 Å². The van der Waals surface area contributed by atoms with E-state index in [2.05, 4.69) is 5.32 Å². The molecule has 6 heteroatoms. The minimum absolute atomic E-state index is 0.0724. The number of nitrogens with zero attached hydrogens (tertiary/aromatic N) is 1. The van der Waals surface area contributed by atoms with Gasteiger partial charge in [0.05, 0.1) is 4.92 Å². The summed E-state index contributed by atoms with van der Waals surface area (Å²) in [6.07, 6.45) is 0. The molecule has 0 heterocycles. The van der Waals surface area contributed by atoms with E-state index in [0.29, 0.717) is 23.4 Å². The summed E-state index contributed by atoms with van der Waals surface area (Å²) in [5.74, 6) is -0.257. The van der Waals surface area contributed by atoms with Crippen LogP contribution in [0.4, 0.5) is 15.8 Å². The van der Waals surface area contributed by atoms with Crippen molar-refractivity contribution in [2.24, 2.45) is 0 Å². The number of halogens is 2. The Kier molecular flexibility index (Phi) is 4.43. The summed E-state index contributed by atoms with van der Waals surface area (Å²) >= 11 is 5.88. The smallest absolute Gasteiger partial charge is 0.288 e. The second-order valence-corrected chi connectivity index (χ2v) is 5.22. The molecule has 0 aliphatic carbocycles. The molecule has 1 N–H and O–H groups in total. The van der Waals surface area contributed by atoms with Crippen LogP contribution < -0.4 is 5.32 Å². The van der Waals surface area contributed by atoms with E-state index in [-0.39, 0.29) is 16.5 Å². The van der Waals surface area contributed by atoms with E-state index in [9.17, 15) is 14.5 Å². The molecule has 0 atom stereocenters. The van der Waals surface area contributed by atoms with Gasteiger partial charge in [-0.3, -0.25) is 10.1 Å². The first-order valence-electron chi connectivity index (χ1n) is 6.32. The van der Waals surface area contributed by atoms with Gasteiger partial charge in [-0.25, -0.2) is 4.39 Å². The van der Waals surface area contributed by atoms with Gasteiger partial charge in [0.15, 0.2) is 0 Å². The van der Waals surface area contributed by atoms with E-state index in [1.54, 1.807) is 19.9 Å². The molecule has 0 saturated heterocycles. The van der Waals surface area contributed by atoms with Gasteiger partial charge in [-0.2, -0.15) is 0 Å². The van der Waals surface area contributed by atoms with Crippen LogP contribution in [0.15, 0.2) is 30.3 Å². The van der Waals surface area contributed by atoms with Gasteiger partial charge in [-0.1, -0.05) is 23.7 Å². The molecule has 0 radical (unpaired) electrons. The van der Waals surface area contributed by atoms with Crippen LogP contribution >= 0.6 is 11.6 Å². The van der Waals surface area contributed by atoms with Crippen molar-refractivity contribution in [3.05, 3.63) is 68.0 Å². The molecule has 2 rings (SSSR count). The van der Waals surface area contributed by atoms with Gasteiger partial charge in [-0.15, -0.1) is 0 Å². The average Bonchev–Trinajstić information content (AvgIpc) is 2.42. The van der Waals surface area contributed by atoms with Crippen LogP contribution in [0, 0.1) is 29.8 Å². The average molecular weight is 309 g/mol. The largest absolute Gasteiger partial charge is 0.381 e. The molecule has 21 heavy (non-hydrogen) atoms. The zero-order chi connectivity index (χ0) is 15.6. The van der Waals surface area contributed by atoms with Crippen molar-refractivity contribution in [2.75, 3.05) is 5.32 Å². The molecule has 0 bridgehead atoms. The fourth-order valence-electron chi connectivity index (χ4n) is 1.94. The van der Waals surface area contributed by atoms with Gasteiger partial charge in [0, 0.05) is 18.3 Å². The van der Waals surface area contributed by atoms with E-state index in [4.69, 9.17) is 11.6 Å². The number of rotatable bonds is 4. The zero-order valence-corrected chi connectivity index (χ0v) is 12.4. The predicted molar refractivity (Wildman–Crippen MR) is 81.3 cm³/mol. The standard InChI is InChI=1S/C15H14ClFN2O2/c1-9-3-4-11(6-13(9)17)8-18-14-7-12(16)15(19(20)21)5-10(14)2/h3-7,18H,8H2,1-2H3. The number of hydrogen-bond acceptors (Lipinski definition) is 3. The fraction of sp³-hybridized carbons (Fsp3) is 0.200. The highest BCUT2D eigenvalue weighted by Gasteiger charge is 2.14. The maximum Gasteiger partial charge on any atom is 0.288 e. The minimum atomic E-state index is -0.519. The first-order chi connectivity index (χ1) is 9.88. The Labute approximate surface area is 126 Å². The molecule has 4 nitrogen and oxygen atoms in total. The van der Waals surface area contributed by atoms with Crippen molar-refractivity contribution >= 4 is 23.0 Å². The lowest BCUT2D eigenvalue weighted by molar-refractivity contribution is -0.384. The third-order valence-corrected chi connectivity index (χ3v) is 3.51. The number of hydrogen-bond donors (Lipinski definition) is 1. The maximum atomic E-state index is 13.5. The van der Waals surface area contributed by atoms with Gasteiger partial charge in [-0.05, 0) is 42.7 Å². The van der Waals surface area contributed by atoms with E-state index < -0.39 is 4.92 Å². The van der Waals surface area contributed by atoms with Crippen LogP contribution in [0.2, 0.25) is 5.02 Å². The van der Waals surface area contributed by atoms with Crippen molar-refractivity contribution in [1.82, 2.24) is 0 Å². The van der Waals surface area contributed by atoms with Gasteiger partial charge in [0.2, 0.25) is 0 Å². The fourth-order valence-corrected chi connectivity index (χ4v) is 2.17. The minimum Gasteiger partial charge on any atom is -0.381 e. The van der Waals surface area contributed by atoms with Gasteiger partial charge in [0.1, 0.15) is 10.8 Å². The van der Waals surface area contributed by atoms with Crippen molar-refractivity contribution < 1.29 is 9.31 Å². The molecular formula is C15H14ClFN2O2. The highest BCUT2D eigenvalue weighted by atomic mass is 35.5. The molecule has 0 aromatic heterocycles. The molecule has 2 aromatic rings. The molecule has 110 valence electrons.